The maximum atomic E-state index is 9.62. The predicted octanol–water partition coefficient (Wildman–Crippen LogP) is 2.17. The molecule has 0 aliphatic heterocycles. The fourth-order valence-corrected chi connectivity index (χ4v) is 2.18. The molecule has 0 spiro atoms. The van der Waals surface area contributed by atoms with Gasteiger partial charge in [-0.3, -0.25) is 4.98 Å². The number of nitrogens with one attached hydrogen (secondary N) is 1. The number of pyridine rings is 1. The van der Waals surface area contributed by atoms with Gasteiger partial charge in [-0.05, 0) is 41.3 Å². The molecule has 2 rings (SSSR count). The van der Waals surface area contributed by atoms with Gasteiger partial charge in [0.2, 0.25) is 0 Å². The highest BCUT2D eigenvalue weighted by atomic mass is 79.9. The van der Waals surface area contributed by atoms with Crippen LogP contribution in [0.1, 0.15) is 19.3 Å². The summed E-state index contributed by atoms with van der Waals surface area (Å²) in [6.45, 7) is 0. The van der Waals surface area contributed by atoms with E-state index in [1.54, 1.807) is 12.4 Å². The number of anilines is 1. The summed E-state index contributed by atoms with van der Waals surface area (Å²) in [6.07, 6.45) is 6.34. The highest BCUT2D eigenvalue weighted by Crippen LogP contribution is 2.23. The summed E-state index contributed by atoms with van der Waals surface area (Å²) in [6, 6.07) is 2.16. The Bertz CT molecular complexity index is 319. The SMILES string of the molecule is O[C@H]1CCC[C@H]1Nc1cncc(Br)c1. The molecule has 1 aliphatic carbocycles. The van der Waals surface area contributed by atoms with E-state index in [0.717, 1.165) is 29.4 Å². The third-order valence-electron chi connectivity index (χ3n) is 2.54. The fourth-order valence-electron chi connectivity index (χ4n) is 1.81. The van der Waals surface area contributed by atoms with Crippen LogP contribution in [0, 0.1) is 0 Å². The van der Waals surface area contributed by atoms with E-state index in [9.17, 15) is 5.11 Å². The summed E-state index contributed by atoms with van der Waals surface area (Å²) in [5.74, 6) is 0. The molecule has 0 saturated heterocycles. The van der Waals surface area contributed by atoms with Gasteiger partial charge in [0.05, 0.1) is 24.0 Å². The van der Waals surface area contributed by atoms with Crippen molar-refractivity contribution in [1.82, 2.24) is 4.98 Å². The molecule has 1 aromatic heterocycles. The monoisotopic (exact) mass is 256 g/mol. The van der Waals surface area contributed by atoms with Gasteiger partial charge in [0.25, 0.3) is 0 Å². The van der Waals surface area contributed by atoms with E-state index in [0.29, 0.717) is 0 Å². The van der Waals surface area contributed by atoms with Crippen LogP contribution in [0.25, 0.3) is 0 Å². The van der Waals surface area contributed by atoms with Crippen LogP contribution in [0.3, 0.4) is 0 Å². The summed E-state index contributed by atoms with van der Waals surface area (Å²) in [5.41, 5.74) is 0.963. The summed E-state index contributed by atoms with van der Waals surface area (Å²) < 4.78 is 0.954. The number of rotatable bonds is 2. The van der Waals surface area contributed by atoms with Crippen LogP contribution < -0.4 is 5.32 Å². The normalized spacial score (nSPS) is 26.4. The van der Waals surface area contributed by atoms with Crippen molar-refractivity contribution < 1.29 is 5.11 Å². The molecule has 1 aromatic rings. The summed E-state index contributed by atoms with van der Waals surface area (Å²) in [5, 5.41) is 12.9. The van der Waals surface area contributed by atoms with Crippen LogP contribution in [0.2, 0.25) is 0 Å². The summed E-state index contributed by atoms with van der Waals surface area (Å²) >= 11 is 3.36. The smallest absolute Gasteiger partial charge is 0.0741 e. The molecule has 2 atom stereocenters. The lowest BCUT2D eigenvalue weighted by molar-refractivity contribution is 0.172. The lowest BCUT2D eigenvalue weighted by atomic mass is 10.2. The molecule has 1 fully saturated rings. The molecule has 1 saturated carbocycles. The van der Waals surface area contributed by atoms with E-state index in [4.69, 9.17) is 0 Å². The number of aliphatic hydroxyl groups is 1. The molecule has 0 unspecified atom stereocenters. The number of halogens is 1. The van der Waals surface area contributed by atoms with E-state index in [1.807, 2.05) is 6.07 Å². The molecule has 4 heteroatoms. The molecule has 14 heavy (non-hydrogen) atoms. The minimum absolute atomic E-state index is 0.186. The van der Waals surface area contributed by atoms with Crippen LogP contribution in [0.15, 0.2) is 22.9 Å². The minimum Gasteiger partial charge on any atom is -0.391 e. The van der Waals surface area contributed by atoms with Gasteiger partial charge < -0.3 is 10.4 Å². The van der Waals surface area contributed by atoms with Crippen molar-refractivity contribution in [3.8, 4) is 0 Å². The van der Waals surface area contributed by atoms with Gasteiger partial charge in [-0.25, -0.2) is 0 Å². The third-order valence-corrected chi connectivity index (χ3v) is 2.97. The molecular formula is C10H13BrN2O. The van der Waals surface area contributed by atoms with Crippen molar-refractivity contribution in [3.05, 3.63) is 22.9 Å². The van der Waals surface area contributed by atoms with Crippen molar-refractivity contribution in [2.45, 2.75) is 31.4 Å². The molecule has 0 aromatic carbocycles. The zero-order chi connectivity index (χ0) is 9.97. The van der Waals surface area contributed by atoms with E-state index >= 15 is 0 Å². The summed E-state index contributed by atoms with van der Waals surface area (Å²) in [7, 11) is 0. The Morgan fingerprint density at radius 1 is 1.43 bits per heavy atom. The van der Waals surface area contributed by atoms with Gasteiger partial charge in [-0.2, -0.15) is 0 Å². The van der Waals surface area contributed by atoms with Crippen molar-refractivity contribution in [2.24, 2.45) is 0 Å². The van der Waals surface area contributed by atoms with Gasteiger partial charge in [0.1, 0.15) is 0 Å². The quantitative estimate of drug-likeness (QED) is 0.853. The van der Waals surface area contributed by atoms with E-state index in [-0.39, 0.29) is 12.1 Å². The molecule has 0 bridgehead atoms. The highest BCUT2D eigenvalue weighted by molar-refractivity contribution is 9.10. The van der Waals surface area contributed by atoms with E-state index in [1.165, 1.54) is 0 Å². The van der Waals surface area contributed by atoms with E-state index in [2.05, 4.69) is 26.2 Å². The number of hydrogen-bond acceptors (Lipinski definition) is 3. The van der Waals surface area contributed by atoms with Crippen LogP contribution in [0.5, 0.6) is 0 Å². The first-order valence-corrected chi connectivity index (χ1v) is 5.60. The topological polar surface area (TPSA) is 45.1 Å². The molecule has 1 heterocycles. The Kier molecular flexibility index (Phi) is 3.03. The standard InChI is InChI=1S/C10H13BrN2O/c11-7-4-8(6-12-5-7)13-9-2-1-3-10(9)14/h4-6,9-10,13-14H,1-3H2/t9-,10+/m1/s1. The minimum atomic E-state index is -0.214. The van der Waals surface area contributed by atoms with E-state index < -0.39 is 0 Å². The van der Waals surface area contributed by atoms with Gasteiger partial charge in [-0.15, -0.1) is 0 Å². The number of aliphatic hydroxyl groups excluding tert-OH is 1. The van der Waals surface area contributed by atoms with Crippen LogP contribution in [-0.2, 0) is 0 Å². The first-order valence-electron chi connectivity index (χ1n) is 4.81. The van der Waals surface area contributed by atoms with Crippen molar-refractivity contribution in [2.75, 3.05) is 5.32 Å². The zero-order valence-electron chi connectivity index (χ0n) is 7.78. The summed E-state index contributed by atoms with van der Waals surface area (Å²) in [4.78, 5) is 4.06. The molecule has 0 radical (unpaired) electrons. The van der Waals surface area contributed by atoms with Crippen LogP contribution >= 0.6 is 15.9 Å². The van der Waals surface area contributed by atoms with Crippen molar-refractivity contribution in [1.29, 1.82) is 0 Å². The maximum absolute atomic E-state index is 9.62. The number of aromatic nitrogens is 1. The Morgan fingerprint density at radius 2 is 2.29 bits per heavy atom. The van der Waals surface area contributed by atoms with Crippen LogP contribution in [-0.4, -0.2) is 22.2 Å². The highest BCUT2D eigenvalue weighted by Gasteiger charge is 2.24. The predicted molar refractivity (Wildman–Crippen MR) is 59.2 cm³/mol. The van der Waals surface area contributed by atoms with Crippen molar-refractivity contribution in [3.63, 3.8) is 0 Å². The maximum Gasteiger partial charge on any atom is 0.0741 e. The Morgan fingerprint density at radius 3 is 2.93 bits per heavy atom. The first kappa shape index (κ1) is 9.93. The van der Waals surface area contributed by atoms with Crippen LogP contribution in [0.4, 0.5) is 5.69 Å². The Labute approximate surface area is 91.7 Å². The zero-order valence-corrected chi connectivity index (χ0v) is 9.37. The number of nitrogens with zero attached hydrogens (tertiary/aromatic N) is 1. The molecule has 2 N–H and O–H groups in total. The average Bonchev–Trinajstić information content (AvgIpc) is 2.52. The lowest BCUT2D eigenvalue weighted by Gasteiger charge is -2.17. The molecule has 76 valence electrons. The second kappa shape index (κ2) is 4.28. The van der Waals surface area contributed by atoms with Gasteiger partial charge in [0.15, 0.2) is 0 Å². The first-order chi connectivity index (χ1) is 6.75. The Balaban J connectivity index is 2.03. The average molecular weight is 257 g/mol. The molecule has 0 amide bonds. The number of hydrogen-bond donors (Lipinski definition) is 2. The molecular weight excluding hydrogens is 244 g/mol. The Hall–Kier alpha value is -0.610. The lowest BCUT2D eigenvalue weighted by Crippen LogP contribution is -2.27. The van der Waals surface area contributed by atoms with Gasteiger partial charge in [0, 0.05) is 10.7 Å². The third kappa shape index (κ3) is 2.25. The fraction of sp³-hybridized carbons (Fsp3) is 0.500. The molecule has 1 aliphatic rings. The second-order valence-electron chi connectivity index (χ2n) is 3.64. The van der Waals surface area contributed by atoms with Crippen molar-refractivity contribution >= 4 is 21.6 Å². The second-order valence-corrected chi connectivity index (χ2v) is 4.56. The van der Waals surface area contributed by atoms with Gasteiger partial charge in [-0.1, -0.05) is 0 Å². The largest absolute Gasteiger partial charge is 0.391 e. The molecule has 3 nitrogen and oxygen atoms in total. The van der Waals surface area contributed by atoms with Gasteiger partial charge >= 0.3 is 0 Å².